The molecular formula is C26H31N3O8. The molecule has 4 N–H and O–H groups in total. The number of methoxy groups -OCH3 is 1. The molecule has 37 heavy (non-hydrogen) atoms. The van der Waals surface area contributed by atoms with E-state index in [0.29, 0.717) is 35.9 Å². The van der Waals surface area contributed by atoms with Crippen molar-refractivity contribution in [1.29, 1.82) is 0 Å². The molecule has 0 aliphatic carbocycles. The lowest BCUT2D eigenvalue weighted by atomic mass is 9.82. The average molecular weight is 514 g/mol. The number of amides is 2. The maximum atomic E-state index is 12.8. The molecule has 11 heteroatoms. The fourth-order valence-corrected chi connectivity index (χ4v) is 4.91. The van der Waals surface area contributed by atoms with E-state index >= 15 is 0 Å². The molecule has 2 heterocycles. The van der Waals surface area contributed by atoms with Crippen LogP contribution in [0.2, 0.25) is 0 Å². The number of benzene rings is 2. The van der Waals surface area contributed by atoms with E-state index in [1.807, 2.05) is 17.9 Å². The van der Waals surface area contributed by atoms with Gasteiger partial charge < -0.3 is 35.1 Å². The van der Waals surface area contributed by atoms with Crippen molar-refractivity contribution in [2.24, 2.45) is 11.7 Å². The van der Waals surface area contributed by atoms with Crippen molar-refractivity contribution in [3.63, 3.8) is 0 Å². The fourth-order valence-electron chi connectivity index (χ4n) is 4.91. The molecule has 2 amide bonds. The van der Waals surface area contributed by atoms with Gasteiger partial charge in [0.2, 0.25) is 12.7 Å². The Bertz CT molecular complexity index is 1170. The van der Waals surface area contributed by atoms with E-state index in [2.05, 4.69) is 5.32 Å². The van der Waals surface area contributed by atoms with Crippen molar-refractivity contribution >= 4 is 17.8 Å². The first-order chi connectivity index (χ1) is 17.8. The minimum atomic E-state index is -1.03. The molecular weight excluding hydrogens is 482 g/mol. The maximum Gasteiger partial charge on any atom is 0.309 e. The molecule has 3 atom stereocenters. The van der Waals surface area contributed by atoms with Gasteiger partial charge in [-0.3, -0.25) is 19.3 Å². The molecule has 3 unspecified atom stereocenters. The number of nitrogens with one attached hydrogen (secondary N) is 1. The number of hydrogen-bond donors (Lipinski definition) is 3. The number of likely N-dealkylation sites (tertiary alicyclic amines) is 1. The largest absolute Gasteiger partial charge is 0.497 e. The van der Waals surface area contributed by atoms with Gasteiger partial charge in [-0.15, -0.1) is 0 Å². The lowest BCUT2D eigenvalue weighted by Crippen LogP contribution is -2.38. The Kier molecular flexibility index (Phi) is 8.02. The van der Waals surface area contributed by atoms with Gasteiger partial charge in [0, 0.05) is 30.6 Å². The first-order valence-corrected chi connectivity index (χ1v) is 12.0. The third-order valence-electron chi connectivity index (χ3n) is 6.54. The second-order valence-electron chi connectivity index (χ2n) is 8.97. The molecule has 0 radical (unpaired) electrons. The highest BCUT2D eigenvalue weighted by atomic mass is 16.7. The summed E-state index contributed by atoms with van der Waals surface area (Å²) in [6, 6.07) is 9.61. The molecule has 2 aromatic rings. The predicted octanol–water partition coefficient (Wildman–Crippen LogP) is 1.66. The zero-order valence-corrected chi connectivity index (χ0v) is 20.8. The lowest BCUT2D eigenvalue weighted by Gasteiger charge is -2.28. The third-order valence-corrected chi connectivity index (χ3v) is 6.54. The molecule has 0 aromatic heterocycles. The fraction of sp³-hybridized carbons (Fsp3) is 0.423. The van der Waals surface area contributed by atoms with Gasteiger partial charge in [-0.25, -0.2) is 0 Å². The summed E-state index contributed by atoms with van der Waals surface area (Å²) in [6.45, 7) is 2.45. The minimum Gasteiger partial charge on any atom is -0.497 e. The molecule has 0 spiro atoms. The van der Waals surface area contributed by atoms with E-state index in [4.69, 9.17) is 24.7 Å². The van der Waals surface area contributed by atoms with Crippen LogP contribution in [-0.4, -0.2) is 67.9 Å². The summed E-state index contributed by atoms with van der Waals surface area (Å²) in [5.74, 6) is -1.45. The number of hydrogen-bond acceptors (Lipinski definition) is 8. The Hall–Kier alpha value is -3.99. The van der Waals surface area contributed by atoms with Crippen molar-refractivity contribution in [2.45, 2.75) is 25.3 Å². The second-order valence-corrected chi connectivity index (χ2v) is 8.97. The lowest BCUT2D eigenvalue weighted by molar-refractivity contribution is -0.143. The molecule has 4 rings (SSSR count). The van der Waals surface area contributed by atoms with Gasteiger partial charge in [-0.2, -0.15) is 0 Å². The number of ether oxygens (including phenoxy) is 4. The van der Waals surface area contributed by atoms with Crippen LogP contribution in [0.1, 0.15) is 36.4 Å². The molecule has 2 aliphatic heterocycles. The van der Waals surface area contributed by atoms with E-state index in [-0.39, 0.29) is 25.0 Å². The van der Waals surface area contributed by atoms with Crippen LogP contribution in [0.15, 0.2) is 36.4 Å². The zero-order chi connectivity index (χ0) is 26.5. The highest BCUT2D eigenvalue weighted by Crippen LogP contribution is 2.49. The summed E-state index contributed by atoms with van der Waals surface area (Å²) < 4.78 is 21.9. The summed E-state index contributed by atoms with van der Waals surface area (Å²) in [7, 11) is 1.49. The Morgan fingerprint density at radius 1 is 1.16 bits per heavy atom. The maximum absolute atomic E-state index is 12.8. The van der Waals surface area contributed by atoms with Crippen LogP contribution in [0.25, 0.3) is 0 Å². The molecule has 1 fully saturated rings. The standard InChI is InChI=1S/C26H31N3O8/c1-3-8-28-23(31)12-29-11-18(15-4-7-19-21(9-15)37-14-36-19)24(26(32)33)25(29)17-6-5-16(34-2)10-20(17)35-13-22(27)30/h4-7,9-10,18,24-25H,3,8,11-14H2,1-2H3,(H2,27,30)(H,28,31)(H,32,33). The van der Waals surface area contributed by atoms with Crippen molar-refractivity contribution in [2.75, 3.05) is 40.1 Å². The Morgan fingerprint density at radius 2 is 1.95 bits per heavy atom. The van der Waals surface area contributed by atoms with Crippen LogP contribution in [0.4, 0.5) is 0 Å². The zero-order valence-electron chi connectivity index (χ0n) is 20.8. The molecule has 0 bridgehead atoms. The Labute approximate surface area is 214 Å². The normalized spacial score (nSPS) is 20.4. The van der Waals surface area contributed by atoms with Gasteiger partial charge in [0.15, 0.2) is 18.1 Å². The van der Waals surface area contributed by atoms with E-state index in [1.54, 1.807) is 30.3 Å². The van der Waals surface area contributed by atoms with Gasteiger partial charge in [0.25, 0.3) is 5.91 Å². The average Bonchev–Trinajstić information content (AvgIpc) is 3.50. The van der Waals surface area contributed by atoms with Crippen LogP contribution in [0, 0.1) is 5.92 Å². The number of carboxylic acid groups (broad SMARTS) is 1. The highest BCUT2D eigenvalue weighted by molar-refractivity contribution is 5.79. The summed E-state index contributed by atoms with van der Waals surface area (Å²) >= 11 is 0. The molecule has 2 aliphatic rings. The first-order valence-electron chi connectivity index (χ1n) is 12.0. The van der Waals surface area contributed by atoms with Crippen LogP contribution >= 0.6 is 0 Å². The van der Waals surface area contributed by atoms with Crippen LogP contribution in [0.3, 0.4) is 0 Å². The summed E-state index contributed by atoms with van der Waals surface area (Å²) in [6.07, 6.45) is 0.774. The number of aliphatic carboxylic acids is 1. The van der Waals surface area contributed by atoms with Gasteiger partial charge >= 0.3 is 5.97 Å². The summed E-state index contributed by atoms with van der Waals surface area (Å²) in [5, 5.41) is 13.3. The molecule has 11 nitrogen and oxygen atoms in total. The van der Waals surface area contributed by atoms with Crippen molar-refractivity contribution in [1.82, 2.24) is 10.2 Å². The number of nitrogens with two attached hydrogens (primary N) is 1. The van der Waals surface area contributed by atoms with Gasteiger partial charge in [-0.05, 0) is 30.2 Å². The quantitative estimate of drug-likeness (QED) is 0.408. The van der Waals surface area contributed by atoms with E-state index in [0.717, 1.165) is 12.0 Å². The second kappa shape index (κ2) is 11.4. The number of primary amides is 1. The van der Waals surface area contributed by atoms with Gasteiger partial charge in [0.05, 0.1) is 25.6 Å². The SMILES string of the molecule is CCCNC(=O)CN1CC(c2ccc3c(c2)OCO3)C(C(=O)O)C1c1ccc(OC)cc1OCC(N)=O. The number of rotatable bonds is 11. The van der Waals surface area contributed by atoms with E-state index < -0.39 is 36.4 Å². The van der Waals surface area contributed by atoms with Crippen LogP contribution < -0.4 is 30.0 Å². The first kappa shape index (κ1) is 26.1. The van der Waals surface area contributed by atoms with Crippen LogP contribution in [0.5, 0.6) is 23.0 Å². The summed E-state index contributed by atoms with van der Waals surface area (Å²) in [5.41, 5.74) is 6.57. The topological polar surface area (TPSA) is 150 Å². The van der Waals surface area contributed by atoms with E-state index in [1.165, 1.54) is 7.11 Å². The Morgan fingerprint density at radius 3 is 2.65 bits per heavy atom. The Balaban J connectivity index is 1.77. The smallest absolute Gasteiger partial charge is 0.309 e. The molecule has 0 saturated carbocycles. The number of carbonyl (C=O) groups is 3. The van der Waals surface area contributed by atoms with Crippen molar-refractivity contribution in [3.05, 3.63) is 47.5 Å². The number of carbonyl (C=O) groups excluding carboxylic acids is 2. The highest BCUT2D eigenvalue weighted by Gasteiger charge is 2.49. The van der Waals surface area contributed by atoms with Crippen molar-refractivity contribution < 1.29 is 38.4 Å². The van der Waals surface area contributed by atoms with E-state index in [9.17, 15) is 19.5 Å². The van der Waals surface area contributed by atoms with Gasteiger partial charge in [0.1, 0.15) is 11.5 Å². The summed E-state index contributed by atoms with van der Waals surface area (Å²) in [4.78, 5) is 38.8. The number of nitrogens with zero attached hydrogens (tertiary/aromatic N) is 1. The predicted molar refractivity (Wildman–Crippen MR) is 132 cm³/mol. The molecule has 2 aromatic carbocycles. The van der Waals surface area contributed by atoms with Gasteiger partial charge in [-0.1, -0.05) is 19.1 Å². The molecule has 198 valence electrons. The molecule has 1 saturated heterocycles. The third kappa shape index (κ3) is 5.72. The van der Waals surface area contributed by atoms with Crippen molar-refractivity contribution in [3.8, 4) is 23.0 Å². The van der Waals surface area contributed by atoms with Crippen LogP contribution in [-0.2, 0) is 14.4 Å². The monoisotopic (exact) mass is 513 g/mol. The number of fused-ring (bicyclic) bond motifs is 1. The minimum absolute atomic E-state index is 0.0171. The number of carboxylic acids is 1.